The first-order chi connectivity index (χ1) is 8.99. The maximum absolute atomic E-state index is 12.7. The maximum Gasteiger partial charge on any atom is 0.243 e. The van der Waals surface area contributed by atoms with Gasteiger partial charge in [0.25, 0.3) is 0 Å². The Morgan fingerprint density at radius 2 is 1.89 bits per heavy atom. The van der Waals surface area contributed by atoms with Crippen molar-refractivity contribution in [1.29, 1.82) is 0 Å². The Balaban J connectivity index is 2.14. The van der Waals surface area contributed by atoms with Crippen molar-refractivity contribution in [2.45, 2.75) is 11.4 Å². The molecule has 0 unspecified atom stereocenters. The molecular formula is C12H10ClFN2O2S. The van der Waals surface area contributed by atoms with Crippen LogP contribution in [-0.4, -0.2) is 13.4 Å². The number of halogens is 2. The van der Waals surface area contributed by atoms with Gasteiger partial charge in [0.1, 0.15) is 15.9 Å². The summed E-state index contributed by atoms with van der Waals surface area (Å²) in [6.45, 7) is 0.0494. The molecule has 0 aliphatic carbocycles. The van der Waals surface area contributed by atoms with E-state index in [-0.39, 0.29) is 22.4 Å². The van der Waals surface area contributed by atoms with E-state index in [1.807, 2.05) is 0 Å². The number of hydrogen-bond acceptors (Lipinski definition) is 3. The summed E-state index contributed by atoms with van der Waals surface area (Å²) in [4.78, 5) is 3.62. The fraction of sp³-hybridized carbons (Fsp3) is 0.0833. The van der Waals surface area contributed by atoms with Gasteiger partial charge in [-0.05, 0) is 29.8 Å². The summed E-state index contributed by atoms with van der Waals surface area (Å²) in [5.74, 6) is -0.373. The summed E-state index contributed by atoms with van der Waals surface area (Å²) >= 11 is 5.73. The van der Waals surface area contributed by atoms with E-state index in [0.29, 0.717) is 5.56 Å². The predicted octanol–water partition coefficient (Wildman–Crippen LogP) is 2.35. The molecule has 0 saturated carbocycles. The van der Waals surface area contributed by atoms with Crippen LogP contribution in [0, 0.1) is 5.82 Å². The zero-order chi connectivity index (χ0) is 13.9. The van der Waals surface area contributed by atoms with Gasteiger partial charge in [-0.25, -0.2) is 22.5 Å². The van der Waals surface area contributed by atoms with Gasteiger partial charge in [-0.3, -0.25) is 0 Å². The first-order valence-corrected chi connectivity index (χ1v) is 7.20. The monoisotopic (exact) mass is 300 g/mol. The second-order valence-corrected chi connectivity index (χ2v) is 5.84. The molecule has 7 heteroatoms. The summed E-state index contributed by atoms with van der Waals surface area (Å²) in [6, 6.07) is 8.38. The molecule has 0 atom stereocenters. The molecule has 1 N–H and O–H groups in total. The number of sulfonamides is 1. The topological polar surface area (TPSA) is 59.1 Å². The smallest absolute Gasteiger partial charge is 0.243 e. The minimum absolute atomic E-state index is 0.0494. The molecule has 0 radical (unpaired) electrons. The molecule has 0 aliphatic heterocycles. The van der Waals surface area contributed by atoms with Crippen LogP contribution >= 0.6 is 11.6 Å². The van der Waals surface area contributed by atoms with Gasteiger partial charge < -0.3 is 0 Å². The standard InChI is InChI=1S/C12H10ClFN2O2S/c13-12-11(2-1-7-15-12)19(17,18)16-8-9-3-5-10(14)6-4-9/h1-7,16H,8H2. The van der Waals surface area contributed by atoms with E-state index >= 15 is 0 Å². The van der Waals surface area contributed by atoms with Crippen LogP contribution in [0.2, 0.25) is 5.15 Å². The highest BCUT2D eigenvalue weighted by Crippen LogP contribution is 2.17. The SMILES string of the molecule is O=S(=O)(NCc1ccc(F)cc1)c1cccnc1Cl. The van der Waals surface area contributed by atoms with Crippen molar-refractivity contribution in [3.05, 3.63) is 59.1 Å². The third kappa shape index (κ3) is 3.50. The van der Waals surface area contributed by atoms with Crippen molar-refractivity contribution in [3.8, 4) is 0 Å². The van der Waals surface area contributed by atoms with E-state index in [1.165, 1.54) is 42.6 Å². The van der Waals surface area contributed by atoms with E-state index in [4.69, 9.17) is 11.6 Å². The molecular weight excluding hydrogens is 291 g/mol. The molecule has 0 aliphatic rings. The lowest BCUT2D eigenvalue weighted by atomic mass is 10.2. The molecule has 0 amide bonds. The number of rotatable bonds is 4. The Morgan fingerprint density at radius 1 is 1.21 bits per heavy atom. The molecule has 2 aromatic rings. The highest BCUT2D eigenvalue weighted by atomic mass is 35.5. The van der Waals surface area contributed by atoms with Gasteiger partial charge in [-0.15, -0.1) is 0 Å². The molecule has 4 nitrogen and oxygen atoms in total. The van der Waals surface area contributed by atoms with Crippen molar-refractivity contribution in [1.82, 2.24) is 9.71 Å². The molecule has 1 heterocycles. The van der Waals surface area contributed by atoms with E-state index in [9.17, 15) is 12.8 Å². The van der Waals surface area contributed by atoms with Crippen molar-refractivity contribution < 1.29 is 12.8 Å². The Bertz CT molecular complexity index is 674. The molecule has 19 heavy (non-hydrogen) atoms. The van der Waals surface area contributed by atoms with Gasteiger partial charge in [0.05, 0.1) is 0 Å². The average molecular weight is 301 g/mol. The third-order valence-electron chi connectivity index (χ3n) is 2.39. The Kier molecular flexibility index (Phi) is 4.14. The molecule has 0 spiro atoms. The minimum Gasteiger partial charge on any atom is -0.243 e. The van der Waals surface area contributed by atoms with Gasteiger partial charge >= 0.3 is 0 Å². The summed E-state index contributed by atoms with van der Waals surface area (Å²) in [5.41, 5.74) is 0.644. The van der Waals surface area contributed by atoms with Crippen LogP contribution in [0.15, 0.2) is 47.5 Å². The Hall–Kier alpha value is -1.50. The van der Waals surface area contributed by atoms with Gasteiger partial charge in [0, 0.05) is 12.7 Å². The van der Waals surface area contributed by atoms with E-state index in [0.717, 1.165) is 0 Å². The fourth-order valence-corrected chi connectivity index (χ4v) is 2.90. The molecule has 2 rings (SSSR count). The minimum atomic E-state index is -3.74. The summed E-state index contributed by atoms with van der Waals surface area (Å²) in [6.07, 6.45) is 1.40. The van der Waals surface area contributed by atoms with Crippen LogP contribution in [0.3, 0.4) is 0 Å². The number of aromatic nitrogens is 1. The second-order valence-electron chi connectivity index (χ2n) is 3.74. The second kappa shape index (κ2) is 5.64. The first kappa shape index (κ1) is 13.9. The predicted molar refractivity (Wildman–Crippen MR) is 69.7 cm³/mol. The maximum atomic E-state index is 12.7. The molecule has 0 fully saturated rings. The Morgan fingerprint density at radius 3 is 2.53 bits per heavy atom. The lowest BCUT2D eigenvalue weighted by Gasteiger charge is -2.07. The zero-order valence-corrected chi connectivity index (χ0v) is 11.2. The zero-order valence-electron chi connectivity index (χ0n) is 9.68. The normalized spacial score (nSPS) is 11.5. The van der Waals surface area contributed by atoms with Gasteiger partial charge in [0.2, 0.25) is 10.0 Å². The molecule has 100 valence electrons. The van der Waals surface area contributed by atoms with Gasteiger partial charge in [0.15, 0.2) is 0 Å². The highest BCUT2D eigenvalue weighted by molar-refractivity contribution is 7.89. The third-order valence-corrected chi connectivity index (χ3v) is 4.24. The van der Waals surface area contributed by atoms with Gasteiger partial charge in [-0.1, -0.05) is 23.7 Å². The van der Waals surface area contributed by atoms with Crippen LogP contribution < -0.4 is 4.72 Å². The van der Waals surface area contributed by atoms with Crippen molar-refractivity contribution in [2.24, 2.45) is 0 Å². The average Bonchev–Trinajstić information content (AvgIpc) is 2.38. The van der Waals surface area contributed by atoms with Crippen molar-refractivity contribution >= 4 is 21.6 Å². The number of benzene rings is 1. The van der Waals surface area contributed by atoms with Crippen LogP contribution in [-0.2, 0) is 16.6 Å². The summed E-state index contributed by atoms with van der Waals surface area (Å²) in [7, 11) is -3.74. The van der Waals surface area contributed by atoms with E-state index in [1.54, 1.807) is 0 Å². The van der Waals surface area contributed by atoms with E-state index < -0.39 is 10.0 Å². The number of nitrogens with zero attached hydrogens (tertiary/aromatic N) is 1. The first-order valence-electron chi connectivity index (χ1n) is 5.34. The number of hydrogen-bond donors (Lipinski definition) is 1. The van der Waals surface area contributed by atoms with Crippen LogP contribution in [0.25, 0.3) is 0 Å². The van der Waals surface area contributed by atoms with Crippen molar-refractivity contribution in [2.75, 3.05) is 0 Å². The lowest BCUT2D eigenvalue weighted by molar-refractivity contribution is 0.581. The number of nitrogens with one attached hydrogen (secondary N) is 1. The summed E-state index contributed by atoms with van der Waals surface area (Å²) < 4.78 is 39.1. The fourth-order valence-electron chi connectivity index (χ4n) is 1.43. The number of pyridine rings is 1. The molecule has 1 aromatic heterocycles. The van der Waals surface area contributed by atoms with Crippen LogP contribution in [0.4, 0.5) is 4.39 Å². The highest BCUT2D eigenvalue weighted by Gasteiger charge is 2.17. The quantitative estimate of drug-likeness (QED) is 0.882. The van der Waals surface area contributed by atoms with E-state index in [2.05, 4.69) is 9.71 Å². The molecule has 1 aromatic carbocycles. The largest absolute Gasteiger partial charge is 0.243 e. The summed E-state index contributed by atoms with van der Waals surface area (Å²) in [5, 5.41) is -0.0888. The van der Waals surface area contributed by atoms with Crippen molar-refractivity contribution in [3.63, 3.8) is 0 Å². The Labute approximate surface area is 115 Å². The van der Waals surface area contributed by atoms with Crippen LogP contribution in [0.5, 0.6) is 0 Å². The van der Waals surface area contributed by atoms with Gasteiger partial charge in [-0.2, -0.15) is 0 Å². The lowest BCUT2D eigenvalue weighted by Crippen LogP contribution is -2.23. The molecule has 0 saturated heterocycles. The molecule has 0 bridgehead atoms. The van der Waals surface area contributed by atoms with Crippen LogP contribution in [0.1, 0.15) is 5.56 Å².